The summed E-state index contributed by atoms with van der Waals surface area (Å²) in [6.07, 6.45) is 1.61. The second-order valence-corrected chi connectivity index (χ2v) is 5.51. The second kappa shape index (κ2) is 5.68. The molecule has 0 aliphatic carbocycles. The van der Waals surface area contributed by atoms with Gasteiger partial charge in [0.15, 0.2) is 0 Å². The van der Waals surface area contributed by atoms with Crippen molar-refractivity contribution in [2.75, 3.05) is 13.1 Å². The van der Waals surface area contributed by atoms with Crippen LogP contribution in [0.3, 0.4) is 0 Å². The molecule has 114 valence electrons. The van der Waals surface area contributed by atoms with E-state index in [-0.39, 0.29) is 12.0 Å². The first-order valence-electron chi connectivity index (χ1n) is 7.52. The molecule has 1 aromatic carbocycles. The van der Waals surface area contributed by atoms with Crippen molar-refractivity contribution in [3.8, 4) is 5.88 Å². The molecule has 0 radical (unpaired) electrons. The normalized spacial score (nSPS) is 14.5. The van der Waals surface area contributed by atoms with Gasteiger partial charge in [-0.05, 0) is 24.3 Å². The highest BCUT2D eigenvalue weighted by Gasteiger charge is 2.33. The number of likely N-dealkylation sites (tertiary alicyclic amines) is 1. The van der Waals surface area contributed by atoms with E-state index in [1.165, 1.54) is 0 Å². The van der Waals surface area contributed by atoms with E-state index in [9.17, 15) is 4.79 Å². The van der Waals surface area contributed by atoms with E-state index < -0.39 is 0 Å². The number of carbonyl (C=O) groups excluding carboxylic acids is 1. The van der Waals surface area contributed by atoms with E-state index in [1.54, 1.807) is 23.2 Å². The van der Waals surface area contributed by atoms with Gasteiger partial charge in [0.05, 0.1) is 18.6 Å². The molecule has 1 fully saturated rings. The van der Waals surface area contributed by atoms with Crippen LogP contribution in [-0.2, 0) is 0 Å². The molecular weight excluding hydrogens is 290 g/mol. The van der Waals surface area contributed by atoms with Crippen LogP contribution in [0, 0.1) is 0 Å². The Morgan fingerprint density at radius 2 is 1.87 bits per heavy atom. The van der Waals surface area contributed by atoms with Crippen LogP contribution in [-0.4, -0.2) is 40.0 Å². The first kappa shape index (κ1) is 13.7. The van der Waals surface area contributed by atoms with Crippen LogP contribution < -0.4 is 4.74 Å². The quantitative estimate of drug-likeness (QED) is 0.746. The van der Waals surface area contributed by atoms with Gasteiger partial charge in [-0.15, -0.1) is 0 Å². The molecule has 1 aliphatic heterocycles. The van der Waals surface area contributed by atoms with Crippen molar-refractivity contribution < 1.29 is 9.53 Å². The first-order chi connectivity index (χ1) is 11.3. The van der Waals surface area contributed by atoms with Crippen molar-refractivity contribution >= 4 is 16.8 Å². The average molecular weight is 305 g/mol. The predicted octanol–water partition coefficient (Wildman–Crippen LogP) is 2.53. The summed E-state index contributed by atoms with van der Waals surface area (Å²) in [5, 5.41) is 1.08. The summed E-state index contributed by atoms with van der Waals surface area (Å²) >= 11 is 0. The van der Waals surface area contributed by atoms with Gasteiger partial charge in [-0.2, -0.15) is 0 Å². The fourth-order valence-electron chi connectivity index (χ4n) is 2.61. The molecule has 5 nitrogen and oxygen atoms in total. The van der Waals surface area contributed by atoms with Crippen molar-refractivity contribution in [1.82, 2.24) is 14.9 Å². The maximum Gasteiger partial charge on any atom is 0.272 e. The van der Waals surface area contributed by atoms with Gasteiger partial charge in [0, 0.05) is 17.6 Å². The molecule has 1 amide bonds. The van der Waals surface area contributed by atoms with Gasteiger partial charge >= 0.3 is 0 Å². The third-order valence-corrected chi connectivity index (χ3v) is 3.88. The number of carbonyl (C=O) groups is 1. The Bertz CT molecular complexity index is 845. The summed E-state index contributed by atoms with van der Waals surface area (Å²) < 4.78 is 5.85. The number of ether oxygens (including phenoxy) is 1. The Labute approximate surface area is 133 Å². The summed E-state index contributed by atoms with van der Waals surface area (Å²) in [7, 11) is 0. The number of hydrogen-bond acceptors (Lipinski definition) is 4. The van der Waals surface area contributed by atoms with Gasteiger partial charge in [-0.3, -0.25) is 9.78 Å². The zero-order valence-electron chi connectivity index (χ0n) is 12.4. The minimum atomic E-state index is -0.0584. The van der Waals surface area contributed by atoms with E-state index in [2.05, 4.69) is 9.97 Å². The number of pyridine rings is 2. The number of hydrogen-bond donors (Lipinski definition) is 0. The molecule has 5 heteroatoms. The Morgan fingerprint density at radius 1 is 1.04 bits per heavy atom. The van der Waals surface area contributed by atoms with E-state index in [4.69, 9.17) is 4.74 Å². The minimum Gasteiger partial charge on any atom is -0.471 e. The monoisotopic (exact) mass is 305 g/mol. The third-order valence-electron chi connectivity index (χ3n) is 3.88. The van der Waals surface area contributed by atoms with Crippen LogP contribution >= 0.6 is 0 Å². The topological polar surface area (TPSA) is 55.3 Å². The van der Waals surface area contributed by atoms with Crippen LogP contribution in [0.15, 0.2) is 60.8 Å². The van der Waals surface area contributed by atoms with Gasteiger partial charge in [0.25, 0.3) is 5.91 Å². The standard InChI is InChI=1S/C18H15N3O2/c22-18(16-7-3-4-10-19-16)21-11-14(12-21)23-17-9-8-13-5-1-2-6-15(13)20-17/h1-10,14H,11-12H2. The average Bonchev–Trinajstić information content (AvgIpc) is 2.58. The molecule has 23 heavy (non-hydrogen) atoms. The molecule has 1 aliphatic rings. The second-order valence-electron chi connectivity index (χ2n) is 5.51. The molecular formula is C18H15N3O2. The molecule has 1 saturated heterocycles. The number of nitrogens with zero attached hydrogens (tertiary/aromatic N) is 3. The molecule has 0 bridgehead atoms. The Hall–Kier alpha value is -2.95. The molecule has 4 rings (SSSR count). The number of aromatic nitrogens is 2. The van der Waals surface area contributed by atoms with Crippen LogP contribution in [0.5, 0.6) is 5.88 Å². The lowest BCUT2D eigenvalue weighted by Gasteiger charge is -2.38. The highest BCUT2D eigenvalue weighted by molar-refractivity contribution is 5.92. The van der Waals surface area contributed by atoms with E-state index in [0.29, 0.717) is 24.7 Å². The van der Waals surface area contributed by atoms with Crippen molar-refractivity contribution in [2.24, 2.45) is 0 Å². The molecule has 3 heterocycles. The van der Waals surface area contributed by atoms with Crippen molar-refractivity contribution in [3.05, 3.63) is 66.5 Å². The zero-order chi connectivity index (χ0) is 15.6. The van der Waals surface area contributed by atoms with Gasteiger partial charge < -0.3 is 9.64 Å². The van der Waals surface area contributed by atoms with E-state index >= 15 is 0 Å². The summed E-state index contributed by atoms with van der Waals surface area (Å²) in [5.41, 5.74) is 1.38. The highest BCUT2D eigenvalue weighted by Crippen LogP contribution is 2.20. The smallest absolute Gasteiger partial charge is 0.272 e. The Kier molecular flexibility index (Phi) is 3.38. The lowest BCUT2D eigenvalue weighted by Crippen LogP contribution is -2.56. The summed E-state index contributed by atoms with van der Waals surface area (Å²) in [5.74, 6) is 0.538. The van der Waals surface area contributed by atoms with Gasteiger partial charge in [-0.1, -0.05) is 24.3 Å². The van der Waals surface area contributed by atoms with Crippen LogP contribution in [0.25, 0.3) is 10.9 Å². The number of fused-ring (bicyclic) bond motifs is 1. The Balaban J connectivity index is 1.39. The molecule has 0 N–H and O–H groups in total. The number of amides is 1. The van der Waals surface area contributed by atoms with Gasteiger partial charge in [0.1, 0.15) is 11.8 Å². The molecule has 0 spiro atoms. The predicted molar refractivity (Wildman–Crippen MR) is 86.3 cm³/mol. The lowest BCUT2D eigenvalue weighted by molar-refractivity contribution is 0.0157. The van der Waals surface area contributed by atoms with Gasteiger partial charge in [0.2, 0.25) is 5.88 Å². The van der Waals surface area contributed by atoms with Gasteiger partial charge in [-0.25, -0.2) is 4.98 Å². The van der Waals surface area contributed by atoms with Crippen LogP contribution in [0.2, 0.25) is 0 Å². The maximum atomic E-state index is 12.2. The fourth-order valence-corrected chi connectivity index (χ4v) is 2.61. The summed E-state index contributed by atoms with van der Waals surface area (Å²) in [6, 6.07) is 17.1. The maximum absolute atomic E-state index is 12.2. The van der Waals surface area contributed by atoms with E-state index in [0.717, 1.165) is 10.9 Å². The number of para-hydroxylation sites is 1. The summed E-state index contributed by atoms with van der Waals surface area (Å²) in [6.45, 7) is 1.12. The molecule has 2 aromatic heterocycles. The van der Waals surface area contributed by atoms with Crippen molar-refractivity contribution in [3.63, 3.8) is 0 Å². The van der Waals surface area contributed by atoms with Crippen molar-refractivity contribution in [2.45, 2.75) is 6.10 Å². The number of rotatable bonds is 3. The first-order valence-corrected chi connectivity index (χ1v) is 7.52. The molecule has 0 unspecified atom stereocenters. The van der Waals surface area contributed by atoms with Crippen LogP contribution in [0.1, 0.15) is 10.5 Å². The minimum absolute atomic E-state index is 0.0173. The molecule has 0 saturated carbocycles. The van der Waals surface area contributed by atoms with E-state index in [1.807, 2.05) is 42.5 Å². The third kappa shape index (κ3) is 2.73. The zero-order valence-corrected chi connectivity index (χ0v) is 12.4. The molecule has 0 atom stereocenters. The van der Waals surface area contributed by atoms with Crippen molar-refractivity contribution in [1.29, 1.82) is 0 Å². The highest BCUT2D eigenvalue weighted by atomic mass is 16.5. The number of benzene rings is 1. The SMILES string of the molecule is O=C(c1ccccn1)N1CC(Oc2ccc3ccccc3n2)C1. The lowest BCUT2D eigenvalue weighted by atomic mass is 10.1. The Morgan fingerprint density at radius 3 is 2.70 bits per heavy atom. The fraction of sp³-hybridized carbons (Fsp3) is 0.167. The van der Waals surface area contributed by atoms with Crippen LogP contribution in [0.4, 0.5) is 0 Å². The largest absolute Gasteiger partial charge is 0.471 e. The summed E-state index contributed by atoms with van der Waals surface area (Å²) in [4.78, 5) is 22.5. The molecule has 3 aromatic rings.